The van der Waals surface area contributed by atoms with E-state index in [0.29, 0.717) is 0 Å². The van der Waals surface area contributed by atoms with Crippen molar-refractivity contribution < 1.29 is 0 Å². The molecule has 0 fully saturated rings. The zero-order chi connectivity index (χ0) is 7.72. The van der Waals surface area contributed by atoms with Gasteiger partial charge in [0.05, 0.1) is 0 Å². The molecule has 4 heteroatoms. The van der Waals surface area contributed by atoms with Crippen molar-refractivity contribution >= 4 is 5.84 Å². The summed E-state index contributed by atoms with van der Waals surface area (Å²) in [5.41, 5.74) is 4.16. The minimum absolute atomic E-state index is 0.267. The van der Waals surface area contributed by atoms with Crippen LogP contribution in [-0.4, -0.2) is 36.1 Å². The van der Waals surface area contributed by atoms with Crippen molar-refractivity contribution in [3.63, 3.8) is 0 Å². The van der Waals surface area contributed by atoms with Crippen LogP contribution in [0.3, 0.4) is 0 Å². The summed E-state index contributed by atoms with van der Waals surface area (Å²) in [6, 6.07) is 0. The van der Waals surface area contributed by atoms with Crippen LogP contribution in [0.25, 0.3) is 0 Å². The molecule has 1 unspecified atom stereocenters. The van der Waals surface area contributed by atoms with Gasteiger partial charge in [0.25, 0.3) is 0 Å². The number of hydrogen-bond donors (Lipinski definition) is 0. The number of amidine groups is 1. The van der Waals surface area contributed by atoms with E-state index < -0.39 is 0 Å². The molecule has 57 valence electrons. The molecular formula is C6H13N4. The number of hydrazone groups is 1. The van der Waals surface area contributed by atoms with Gasteiger partial charge in [-0.25, -0.2) is 0 Å². The van der Waals surface area contributed by atoms with E-state index in [4.69, 9.17) is 0 Å². The van der Waals surface area contributed by atoms with E-state index in [0.717, 1.165) is 5.84 Å². The first-order chi connectivity index (χ1) is 4.61. The third-order valence-electron chi connectivity index (χ3n) is 1.69. The van der Waals surface area contributed by atoms with Crippen molar-refractivity contribution in [1.82, 2.24) is 15.4 Å². The fourth-order valence-corrected chi connectivity index (χ4v) is 0.886. The van der Waals surface area contributed by atoms with E-state index in [-0.39, 0.29) is 6.17 Å². The zero-order valence-corrected chi connectivity index (χ0v) is 6.87. The normalized spacial score (nSPS) is 27.8. The molecule has 1 aliphatic heterocycles. The van der Waals surface area contributed by atoms with E-state index in [1.165, 1.54) is 0 Å². The molecule has 0 saturated heterocycles. The maximum atomic E-state index is 4.16. The molecule has 1 radical (unpaired) electrons. The van der Waals surface area contributed by atoms with Crippen LogP contribution >= 0.6 is 0 Å². The first kappa shape index (κ1) is 7.34. The number of hydrogen-bond acceptors (Lipinski definition) is 3. The summed E-state index contributed by atoms with van der Waals surface area (Å²) in [6.07, 6.45) is 0.267. The summed E-state index contributed by atoms with van der Waals surface area (Å²) in [7, 11) is 3.89. The fraction of sp³-hybridized carbons (Fsp3) is 0.833. The first-order valence-corrected chi connectivity index (χ1v) is 3.34. The lowest BCUT2D eigenvalue weighted by molar-refractivity contribution is 0.0556. The quantitative estimate of drug-likeness (QED) is 0.478. The summed E-state index contributed by atoms with van der Waals surface area (Å²) < 4.78 is 0. The highest BCUT2D eigenvalue weighted by Crippen LogP contribution is 2.04. The second-order valence-electron chi connectivity index (χ2n) is 2.53. The second kappa shape index (κ2) is 2.46. The number of nitrogens with zero attached hydrogens (tertiary/aromatic N) is 4. The Kier molecular flexibility index (Phi) is 1.80. The minimum atomic E-state index is 0.267. The van der Waals surface area contributed by atoms with Gasteiger partial charge in [0, 0.05) is 14.1 Å². The standard InChI is InChI=1S/C6H13N4/c1-5-7-9(3)6(2)10(4)8-5/h6H,1-4H3. The van der Waals surface area contributed by atoms with Gasteiger partial charge in [0.1, 0.15) is 6.17 Å². The van der Waals surface area contributed by atoms with Crippen LogP contribution in [0.1, 0.15) is 13.8 Å². The highest BCUT2D eigenvalue weighted by atomic mass is 15.7. The Balaban J connectivity index is 2.69. The molecule has 1 atom stereocenters. The van der Waals surface area contributed by atoms with Crippen molar-refractivity contribution in [2.24, 2.45) is 5.10 Å². The van der Waals surface area contributed by atoms with E-state index in [1.54, 1.807) is 0 Å². The molecule has 0 aromatic carbocycles. The largest absolute Gasteiger partial charge is 0.279 e. The molecule has 0 aliphatic carbocycles. The Labute approximate surface area is 61.5 Å². The number of rotatable bonds is 0. The smallest absolute Gasteiger partial charge is 0.159 e. The van der Waals surface area contributed by atoms with Crippen molar-refractivity contribution in [3.05, 3.63) is 0 Å². The first-order valence-electron chi connectivity index (χ1n) is 3.34. The predicted molar refractivity (Wildman–Crippen MR) is 40.2 cm³/mol. The Morgan fingerprint density at radius 3 is 2.40 bits per heavy atom. The molecule has 0 saturated carbocycles. The van der Waals surface area contributed by atoms with Crippen LogP contribution in [0.5, 0.6) is 0 Å². The summed E-state index contributed by atoms with van der Waals surface area (Å²) in [5, 5.41) is 7.94. The van der Waals surface area contributed by atoms with Gasteiger partial charge in [-0.2, -0.15) is 15.5 Å². The third-order valence-corrected chi connectivity index (χ3v) is 1.69. The van der Waals surface area contributed by atoms with Crippen LogP contribution in [0.2, 0.25) is 0 Å². The maximum absolute atomic E-state index is 4.16. The Morgan fingerprint density at radius 2 is 1.90 bits per heavy atom. The van der Waals surface area contributed by atoms with Crippen molar-refractivity contribution in [2.75, 3.05) is 14.1 Å². The Morgan fingerprint density at radius 1 is 1.30 bits per heavy atom. The molecule has 0 amide bonds. The van der Waals surface area contributed by atoms with Crippen LogP contribution in [0, 0.1) is 0 Å². The summed E-state index contributed by atoms with van der Waals surface area (Å²) in [6.45, 7) is 3.94. The van der Waals surface area contributed by atoms with Crippen LogP contribution in [-0.2, 0) is 0 Å². The molecule has 0 spiro atoms. The van der Waals surface area contributed by atoms with Crippen LogP contribution in [0.15, 0.2) is 5.10 Å². The Hall–Kier alpha value is -0.770. The molecule has 1 heterocycles. The van der Waals surface area contributed by atoms with Crippen molar-refractivity contribution in [3.8, 4) is 0 Å². The third kappa shape index (κ3) is 1.21. The summed E-state index contributed by atoms with van der Waals surface area (Å²) in [5.74, 6) is 0.808. The SMILES string of the molecule is CC1=NN(C)C(C)N(C)[N]1. The van der Waals surface area contributed by atoms with Gasteiger partial charge in [-0.05, 0) is 13.8 Å². The highest BCUT2D eigenvalue weighted by molar-refractivity contribution is 5.78. The average molecular weight is 141 g/mol. The van der Waals surface area contributed by atoms with Crippen molar-refractivity contribution in [2.45, 2.75) is 20.0 Å². The van der Waals surface area contributed by atoms with E-state index in [9.17, 15) is 0 Å². The predicted octanol–water partition coefficient (Wildman–Crippen LogP) is 0.0624. The van der Waals surface area contributed by atoms with Gasteiger partial charge in [0.2, 0.25) is 0 Å². The van der Waals surface area contributed by atoms with Gasteiger partial charge in [-0.3, -0.25) is 5.01 Å². The molecule has 0 aromatic heterocycles. The van der Waals surface area contributed by atoms with Crippen LogP contribution < -0.4 is 5.43 Å². The van der Waals surface area contributed by atoms with Gasteiger partial charge >= 0.3 is 0 Å². The second-order valence-corrected chi connectivity index (χ2v) is 2.53. The summed E-state index contributed by atoms with van der Waals surface area (Å²) >= 11 is 0. The molecule has 1 rings (SSSR count). The molecule has 0 N–H and O–H groups in total. The lowest BCUT2D eigenvalue weighted by Gasteiger charge is -2.33. The van der Waals surface area contributed by atoms with E-state index in [2.05, 4.69) is 17.5 Å². The van der Waals surface area contributed by atoms with Crippen LogP contribution in [0.4, 0.5) is 0 Å². The van der Waals surface area contributed by atoms with Gasteiger partial charge in [-0.15, -0.1) is 0 Å². The Bertz CT molecular complexity index is 154. The summed E-state index contributed by atoms with van der Waals surface area (Å²) in [4.78, 5) is 0. The minimum Gasteiger partial charge on any atom is -0.279 e. The molecule has 0 bridgehead atoms. The molecule has 10 heavy (non-hydrogen) atoms. The van der Waals surface area contributed by atoms with E-state index in [1.807, 2.05) is 31.0 Å². The lowest BCUT2D eigenvalue weighted by Crippen LogP contribution is -2.50. The van der Waals surface area contributed by atoms with Crippen molar-refractivity contribution in [1.29, 1.82) is 0 Å². The van der Waals surface area contributed by atoms with Gasteiger partial charge in [-0.1, -0.05) is 0 Å². The highest BCUT2D eigenvalue weighted by Gasteiger charge is 2.19. The monoisotopic (exact) mass is 141 g/mol. The maximum Gasteiger partial charge on any atom is 0.159 e. The fourth-order valence-electron chi connectivity index (χ4n) is 0.886. The molecular weight excluding hydrogens is 128 g/mol. The van der Waals surface area contributed by atoms with Gasteiger partial charge in [0.15, 0.2) is 5.84 Å². The molecule has 4 nitrogen and oxygen atoms in total. The topological polar surface area (TPSA) is 32.9 Å². The van der Waals surface area contributed by atoms with Gasteiger partial charge < -0.3 is 0 Å². The zero-order valence-electron chi connectivity index (χ0n) is 6.87. The molecule has 1 aliphatic rings. The molecule has 0 aromatic rings. The lowest BCUT2D eigenvalue weighted by atomic mass is 10.5. The average Bonchev–Trinajstić information content (AvgIpc) is 1.82. The van der Waals surface area contributed by atoms with E-state index >= 15 is 0 Å².